The van der Waals surface area contributed by atoms with Crippen LogP contribution in [0.15, 0.2) is 36.4 Å². The lowest BCUT2D eigenvalue weighted by molar-refractivity contribution is 0.0940. The lowest BCUT2D eigenvalue weighted by Crippen LogP contribution is -2.14. The van der Waals surface area contributed by atoms with Crippen LogP contribution in [0.2, 0.25) is 0 Å². The summed E-state index contributed by atoms with van der Waals surface area (Å²) in [5.41, 5.74) is 2.13. The summed E-state index contributed by atoms with van der Waals surface area (Å²) in [5.74, 6) is 1.62. The molecule has 3 rings (SSSR count). The molecule has 3 aromatic rings. The molecule has 36 heavy (non-hydrogen) atoms. The second-order valence-electron chi connectivity index (χ2n) is 9.89. The molecule has 0 saturated carbocycles. The lowest BCUT2D eigenvalue weighted by atomic mass is 9.96. The van der Waals surface area contributed by atoms with E-state index in [4.69, 9.17) is 18.9 Å². The van der Waals surface area contributed by atoms with E-state index in [9.17, 15) is 9.59 Å². The van der Waals surface area contributed by atoms with Crippen LogP contribution in [0, 0.1) is 11.8 Å². The Balaban J connectivity index is 2.11. The first-order valence-corrected chi connectivity index (χ1v) is 12.9. The zero-order valence-corrected chi connectivity index (χ0v) is 22.3. The highest BCUT2D eigenvalue weighted by Gasteiger charge is 2.22. The van der Waals surface area contributed by atoms with E-state index in [0.717, 1.165) is 36.8 Å². The molecule has 0 aliphatic carbocycles. The van der Waals surface area contributed by atoms with Gasteiger partial charge in [0.2, 0.25) is 0 Å². The van der Waals surface area contributed by atoms with Crippen LogP contribution in [0.25, 0.3) is 21.5 Å². The number of carbonyl (C=O) groups excluding carboxylic acids is 2. The largest absolute Gasteiger partial charge is 0.513 e. The van der Waals surface area contributed by atoms with Crippen LogP contribution in [-0.2, 0) is 22.3 Å². The minimum Gasteiger partial charge on any atom is -0.434 e. The highest BCUT2D eigenvalue weighted by molar-refractivity contribution is 6.12. The van der Waals surface area contributed by atoms with Gasteiger partial charge in [0.15, 0.2) is 0 Å². The Morgan fingerprint density at radius 2 is 1.03 bits per heavy atom. The number of carbonyl (C=O) groups is 2. The van der Waals surface area contributed by atoms with E-state index >= 15 is 0 Å². The van der Waals surface area contributed by atoms with Gasteiger partial charge in [-0.25, -0.2) is 9.59 Å². The summed E-state index contributed by atoms with van der Waals surface area (Å²) in [7, 11) is 0. The topological polar surface area (TPSA) is 71.1 Å². The van der Waals surface area contributed by atoms with Crippen LogP contribution in [0.4, 0.5) is 9.59 Å². The maximum atomic E-state index is 12.6. The van der Waals surface area contributed by atoms with Gasteiger partial charge in [0, 0.05) is 21.5 Å². The number of benzene rings is 3. The molecule has 0 spiro atoms. The number of aryl methyl sites for hydroxylation is 2. The molecule has 6 nitrogen and oxygen atoms in total. The Morgan fingerprint density at radius 3 is 1.36 bits per heavy atom. The van der Waals surface area contributed by atoms with Gasteiger partial charge in [-0.1, -0.05) is 65.8 Å². The van der Waals surface area contributed by atoms with E-state index in [1.807, 2.05) is 36.4 Å². The quantitative estimate of drug-likeness (QED) is 0.161. The molecule has 0 N–H and O–H groups in total. The van der Waals surface area contributed by atoms with Gasteiger partial charge in [0.25, 0.3) is 0 Å². The Kier molecular flexibility index (Phi) is 9.57. The third kappa shape index (κ3) is 6.90. The van der Waals surface area contributed by atoms with Crippen molar-refractivity contribution in [1.29, 1.82) is 0 Å². The fourth-order valence-electron chi connectivity index (χ4n) is 3.89. The highest BCUT2D eigenvalue weighted by atomic mass is 16.7. The van der Waals surface area contributed by atoms with Crippen LogP contribution in [0.3, 0.4) is 0 Å². The van der Waals surface area contributed by atoms with Gasteiger partial charge in [-0.3, -0.25) is 0 Å². The molecule has 0 unspecified atom stereocenters. The van der Waals surface area contributed by atoms with Crippen LogP contribution in [-0.4, -0.2) is 25.5 Å². The third-order valence-corrected chi connectivity index (χ3v) is 6.16. The molecule has 0 amide bonds. The van der Waals surface area contributed by atoms with E-state index in [0.29, 0.717) is 44.9 Å². The zero-order chi connectivity index (χ0) is 26.2. The van der Waals surface area contributed by atoms with Crippen molar-refractivity contribution in [3.05, 3.63) is 47.5 Å². The summed E-state index contributed by atoms with van der Waals surface area (Å²) in [6, 6.07) is 11.7. The van der Waals surface area contributed by atoms with E-state index in [2.05, 4.69) is 41.5 Å². The van der Waals surface area contributed by atoms with Crippen LogP contribution in [0.1, 0.15) is 65.5 Å². The van der Waals surface area contributed by atoms with Gasteiger partial charge in [-0.05, 0) is 60.8 Å². The fourth-order valence-corrected chi connectivity index (χ4v) is 3.89. The standard InChI is InChI=1S/C30H38O6/c1-7-21-9-11-23-25(17-21)27(35-29(31)33-15-13-19(3)4)24-12-10-22(8-2)18-26(24)28(23)36-30(32)34-16-14-20(5)6/h9-12,17-20H,7-8,13-16H2,1-6H3. The van der Waals surface area contributed by atoms with E-state index in [-0.39, 0.29) is 13.2 Å². The van der Waals surface area contributed by atoms with Crippen molar-refractivity contribution in [2.24, 2.45) is 11.8 Å². The van der Waals surface area contributed by atoms with Gasteiger partial charge in [0.1, 0.15) is 11.5 Å². The summed E-state index contributed by atoms with van der Waals surface area (Å²) < 4.78 is 22.3. The van der Waals surface area contributed by atoms with Crippen molar-refractivity contribution >= 4 is 33.9 Å². The van der Waals surface area contributed by atoms with Crippen molar-refractivity contribution in [2.75, 3.05) is 13.2 Å². The first kappa shape index (κ1) is 27.3. The van der Waals surface area contributed by atoms with Crippen molar-refractivity contribution in [1.82, 2.24) is 0 Å². The Morgan fingerprint density at radius 1 is 0.639 bits per heavy atom. The molecular weight excluding hydrogens is 456 g/mol. The number of rotatable bonds is 10. The first-order valence-electron chi connectivity index (χ1n) is 12.9. The minimum absolute atomic E-state index is 0.288. The SMILES string of the molecule is CCc1ccc2c(OC(=O)OCCC(C)C)c3cc(CC)ccc3c(OC(=O)OCCC(C)C)c2c1. The molecule has 0 aliphatic heterocycles. The fraction of sp³-hybridized carbons (Fsp3) is 0.467. The van der Waals surface area contributed by atoms with Crippen LogP contribution < -0.4 is 9.47 Å². The molecule has 0 fully saturated rings. The zero-order valence-electron chi connectivity index (χ0n) is 22.3. The first-order chi connectivity index (χ1) is 17.2. The van der Waals surface area contributed by atoms with Gasteiger partial charge in [-0.15, -0.1) is 0 Å². The second kappa shape index (κ2) is 12.6. The van der Waals surface area contributed by atoms with Gasteiger partial charge < -0.3 is 18.9 Å². The van der Waals surface area contributed by atoms with Crippen molar-refractivity contribution < 1.29 is 28.5 Å². The Labute approximate surface area is 213 Å². The molecule has 0 heterocycles. The Hall–Kier alpha value is -3.28. The lowest BCUT2D eigenvalue weighted by Gasteiger charge is -2.18. The van der Waals surface area contributed by atoms with Gasteiger partial charge in [0.05, 0.1) is 13.2 Å². The maximum absolute atomic E-state index is 12.6. The molecule has 0 aliphatic rings. The molecule has 0 saturated heterocycles. The summed E-state index contributed by atoms with van der Waals surface area (Å²) >= 11 is 0. The highest BCUT2D eigenvalue weighted by Crippen LogP contribution is 2.44. The number of hydrogen-bond donors (Lipinski definition) is 0. The van der Waals surface area contributed by atoms with Gasteiger partial charge >= 0.3 is 12.3 Å². The van der Waals surface area contributed by atoms with E-state index in [1.54, 1.807) is 0 Å². The monoisotopic (exact) mass is 494 g/mol. The normalized spacial score (nSPS) is 11.3. The van der Waals surface area contributed by atoms with Crippen molar-refractivity contribution in [2.45, 2.75) is 67.2 Å². The summed E-state index contributed by atoms with van der Waals surface area (Å²) in [6.07, 6.45) is 1.61. The molecule has 0 aromatic heterocycles. The third-order valence-electron chi connectivity index (χ3n) is 6.16. The van der Waals surface area contributed by atoms with Crippen molar-refractivity contribution in [3.8, 4) is 11.5 Å². The van der Waals surface area contributed by atoms with Crippen LogP contribution in [0.5, 0.6) is 11.5 Å². The average molecular weight is 495 g/mol. The second-order valence-corrected chi connectivity index (χ2v) is 9.89. The summed E-state index contributed by atoms with van der Waals surface area (Å²) in [4.78, 5) is 25.3. The average Bonchev–Trinajstić information content (AvgIpc) is 2.84. The molecule has 0 radical (unpaired) electrons. The van der Waals surface area contributed by atoms with E-state index in [1.165, 1.54) is 0 Å². The minimum atomic E-state index is -0.749. The smallest absolute Gasteiger partial charge is 0.434 e. The predicted octanol–water partition coefficient (Wildman–Crippen LogP) is 8.24. The van der Waals surface area contributed by atoms with E-state index < -0.39 is 12.3 Å². The molecule has 3 aromatic carbocycles. The molecular formula is C30H38O6. The number of fused-ring (bicyclic) bond motifs is 2. The predicted molar refractivity (Wildman–Crippen MR) is 143 cm³/mol. The molecule has 0 atom stereocenters. The Bertz CT molecular complexity index is 1120. The summed E-state index contributed by atoms with van der Waals surface area (Å²) in [6.45, 7) is 13.0. The van der Waals surface area contributed by atoms with Crippen LogP contribution >= 0.6 is 0 Å². The molecule has 6 heteroatoms. The number of hydrogen-bond acceptors (Lipinski definition) is 6. The molecule has 194 valence electrons. The maximum Gasteiger partial charge on any atom is 0.513 e. The molecule has 0 bridgehead atoms. The van der Waals surface area contributed by atoms with Crippen molar-refractivity contribution in [3.63, 3.8) is 0 Å². The summed E-state index contributed by atoms with van der Waals surface area (Å²) in [5, 5.41) is 2.69. The number of ether oxygens (including phenoxy) is 4. The van der Waals surface area contributed by atoms with Gasteiger partial charge in [-0.2, -0.15) is 0 Å².